The van der Waals surface area contributed by atoms with Crippen molar-refractivity contribution < 1.29 is 18.7 Å². The van der Waals surface area contributed by atoms with E-state index in [1.54, 1.807) is 24.3 Å². The second-order valence-corrected chi connectivity index (χ2v) is 4.92. The average molecular weight is 322 g/mol. The molecular formula is C16H13ClFNO3. The van der Waals surface area contributed by atoms with Gasteiger partial charge in [-0.3, -0.25) is 9.59 Å². The highest BCUT2D eigenvalue weighted by atomic mass is 35.5. The number of hydrogen-bond donors (Lipinski definition) is 1. The van der Waals surface area contributed by atoms with E-state index < -0.39 is 11.7 Å². The Labute approximate surface area is 131 Å². The fourth-order valence-corrected chi connectivity index (χ4v) is 2.04. The Bertz CT molecular complexity index is 718. The summed E-state index contributed by atoms with van der Waals surface area (Å²) >= 11 is 5.80. The van der Waals surface area contributed by atoms with Crippen molar-refractivity contribution in [2.45, 2.75) is 6.92 Å². The molecule has 0 atom stereocenters. The van der Waals surface area contributed by atoms with Crippen molar-refractivity contribution in [1.82, 2.24) is 0 Å². The van der Waals surface area contributed by atoms with Gasteiger partial charge in [-0.25, -0.2) is 4.39 Å². The predicted octanol–water partition coefficient (Wildman–Crippen LogP) is 3.70. The second-order valence-electron chi connectivity index (χ2n) is 4.51. The van der Waals surface area contributed by atoms with Crippen molar-refractivity contribution in [2.75, 3.05) is 11.9 Å². The van der Waals surface area contributed by atoms with Gasteiger partial charge in [0.25, 0.3) is 5.91 Å². The van der Waals surface area contributed by atoms with Gasteiger partial charge in [-0.15, -0.1) is 0 Å². The number of hydrogen-bond acceptors (Lipinski definition) is 3. The molecular weight excluding hydrogens is 309 g/mol. The number of halogens is 2. The van der Waals surface area contributed by atoms with E-state index in [9.17, 15) is 14.0 Å². The molecule has 0 saturated heterocycles. The van der Waals surface area contributed by atoms with Crippen LogP contribution in [0.1, 0.15) is 17.3 Å². The Kier molecular flexibility index (Phi) is 5.12. The minimum atomic E-state index is -0.489. The standard InChI is InChI=1S/C16H13ClFNO3/c1-10(20)12-4-2-3-5-14(12)19-16(21)9-22-15-7-6-11(18)8-13(15)17/h2-8H,9H2,1H3,(H,19,21). The van der Waals surface area contributed by atoms with E-state index in [0.29, 0.717) is 11.3 Å². The van der Waals surface area contributed by atoms with Crippen LogP contribution in [0.5, 0.6) is 5.75 Å². The molecule has 0 aliphatic carbocycles. The first-order valence-electron chi connectivity index (χ1n) is 6.45. The number of benzene rings is 2. The van der Waals surface area contributed by atoms with Crippen LogP contribution in [0.3, 0.4) is 0 Å². The molecule has 4 nitrogen and oxygen atoms in total. The summed E-state index contributed by atoms with van der Waals surface area (Å²) in [6.45, 7) is 1.11. The van der Waals surface area contributed by atoms with Crippen LogP contribution in [0, 0.1) is 5.82 Å². The molecule has 0 aliphatic rings. The Balaban J connectivity index is 2.00. The highest BCUT2D eigenvalue weighted by molar-refractivity contribution is 6.32. The Morgan fingerprint density at radius 2 is 1.95 bits per heavy atom. The maximum atomic E-state index is 12.9. The van der Waals surface area contributed by atoms with Gasteiger partial charge in [-0.1, -0.05) is 23.7 Å². The zero-order valence-corrected chi connectivity index (χ0v) is 12.5. The fraction of sp³-hybridized carbons (Fsp3) is 0.125. The summed E-state index contributed by atoms with van der Waals surface area (Å²) in [6, 6.07) is 10.3. The van der Waals surface area contributed by atoms with E-state index in [0.717, 1.165) is 6.07 Å². The first-order valence-corrected chi connectivity index (χ1v) is 6.83. The average Bonchev–Trinajstić information content (AvgIpc) is 2.46. The smallest absolute Gasteiger partial charge is 0.262 e. The molecule has 114 valence electrons. The molecule has 0 aliphatic heterocycles. The molecule has 1 N–H and O–H groups in total. The number of ketones is 1. The van der Waals surface area contributed by atoms with Crippen LogP contribution in [0.4, 0.5) is 10.1 Å². The molecule has 0 fully saturated rings. The lowest BCUT2D eigenvalue weighted by atomic mass is 10.1. The van der Waals surface area contributed by atoms with Crippen LogP contribution in [0.2, 0.25) is 5.02 Å². The number of ether oxygens (including phenoxy) is 1. The van der Waals surface area contributed by atoms with Crippen molar-refractivity contribution in [2.24, 2.45) is 0 Å². The number of nitrogens with one attached hydrogen (secondary N) is 1. The van der Waals surface area contributed by atoms with Crippen molar-refractivity contribution in [3.63, 3.8) is 0 Å². The van der Waals surface area contributed by atoms with E-state index in [1.165, 1.54) is 19.1 Å². The summed E-state index contributed by atoms with van der Waals surface area (Å²) < 4.78 is 18.1. The van der Waals surface area contributed by atoms with E-state index >= 15 is 0 Å². The van der Waals surface area contributed by atoms with Crippen molar-refractivity contribution in [3.8, 4) is 5.75 Å². The molecule has 0 radical (unpaired) electrons. The molecule has 0 aromatic heterocycles. The molecule has 6 heteroatoms. The summed E-state index contributed by atoms with van der Waals surface area (Å²) in [5.74, 6) is -0.886. The van der Waals surface area contributed by atoms with Gasteiger partial charge in [0.1, 0.15) is 11.6 Å². The number of carbonyl (C=O) groups excluding carboxylic acids is 2. The normalized spacial score (nSPS) is 10.1. The molecule has 2 aromatic carbocycles. The maximum absolute atomic E-state index is 12.9. The third-order valence-corrected chi connectivity index (χ3v) is 3.13. The van der Waals surface area contributed by atoms with Crippen molar-refractivity contribution in [1.29, 1.82) is 0 Å². The number of para-hydroxylation sites is 1. The van der Waals surface area contributed by atoms with Gasteiger partial charge >= 0.3 is 0 Å². The van der Waals surface area contributed by atoms with Crippen LogP contribution in [0.15, 0.2) is 42.5 Å². The third kappa shape index (κ3) is 4.05. The molecule has 0 bridgehead atoms. The van der Waals surface area contributed by atoms with Crippen LogP contribution in [0.25, 0.3) is 0 Å². The maximum Gasteiger partial charge on any atom is 0.262 e. The molecule has 22 heavy (non-hydrogen) atoms. The molecule has 0 unspecified atom stereocenters. The van der Waals surface area contributed by atoms with Gasteiger partial charge in [-0.05, 0) is 37.3 Å². The second kappa shape index (κ2) is 7.04. The molecule has 0 heterocycles. The highest BCUT2D eigenvalue weighted by Crippen LogP contribution is 2.24. The van der Waals surface area contributed by atoms with Crippen LogP contribution >= 0.6 is 11.6 Å². The summed E-state index contributed by atoms with van der Waals surface area (Å²) in [6.07, 6.45) is 0. The van der Waals surface area contributed by atoms with Gasteiger partial charge in [0.15, 0.2) is 12.4 Å². The molecule has 2 rings (SSSR count). The number of anilines is 1. The Morgan fingerprint density at radius 1 is 1.23 bits per heavy atom. The first kappa shape index (κ1) is 16.0. The quantitative estimate of drug-likeness (QED) is 0.854. The summed E-state index contributed by atoms with van der Waals surface area (Å²) in [5, 5.41) is 2.67. The zero-order valence-electron chi connectivity index (χ0n) is 11.7. The zero-order chi connectivity index (χ0) is 16.1. The minimum absolute atomic E-state index is 0.0805. The molecule has 2 aromatic rings. The van der Waals surface area contributed by atoms with Crippen molar-refractivity contribution >= 4 is 29.0 Å². The topological polar surface area (TPSA) is 55.4 Å². The lowest BCUT2D eigenvalue weighted by molar-refractivity contribution is -0.118. The van der Waals surface area contributed by atoms with Crippen molar-refractivity contribution in [3.05, 3.63) is 58.9 Å². The number of Topliss-reactive ketones (excluding diaryl/α,β-unsaturated/α-hetero) is 1. The van der Waals surface area contributed by atoms with E-state index in [2.05, 4.69) is 5.32 Å². The molecule has 0 spiro atoms. The van der Waals surface area contributed by atoms with Gasteiger partial charge in [0.2, 0.25) is 0 Å². The Morgan fingerprint density at radius 3 is 2.64 bits per heavy atom. The first-order chi connectivity index (χ1) is 10.5. The van der Waals surface area contributed by atoms with E-state index in [4.69, 9.17) is 16.3 Å². The van der Waals surface area contributed by atoms with E-state index in [1.807, 2.05) is 0 Å². The highest BCUT2D eigenvalue weighted by Gasteiger charge is 2.11. The number of carbonyl (C=O) groups is 2. The summed E-state index contributed by atoms with van der Waals surface area (Å²) in [7, 11) is 0. The lowest BCUT2D eigenvalue weighted by Crippen LogP contribution is -2.21. The van der Waals surface area contributed by atoms with Gasteiger partial charge in [0.05, 0.1) is 10.7 Å². The van der Waals surface area contributed by atoms with E-state index in [-0.39, 0.29) is 23.2 Å². The number of rotatable bonds is 5. The van der Waals surface area contributed by atoms with Crippen LogP contribution < -0.4 is 10.1 Å². The minimum Gasteiger partial charge on any atom is -0.482 e. The predicted molar refractivity (Wildman–Crippen MR) is 82.0 cm³/mol. The van der Waals surface area contributed by atoms with Gasteiger partial charge in [0, 0.05) is 5.56 Å². The Hall–Kier alpha value is -2.40. The third-order valence-electron chi connectivity index (χ3n) is 2.83. The monoisotopic (exact) mass is 321 g/mol. The molecule has 0 saturated carbocycles. The SMILES string of the molecule is CC(=O)c1ccccc1NC(=O)COc1ccc(F)cc1Cl. The van der Waals surface area contributed by atoms with Gasteiger partial charge < -0.3 is 10.1 Å². The molecule has 1 amide bonds. The van der Waals surface area contributed by atoms with Crippen LogP contribution in [-0.2, 0) is 4.79 Å². The summed E-state index contributed by atoms with van der Waals surface area (Å²) in [4.78, 5) is 23.3. The summed E-state index contributed by atoms with van der Waals surface area (Å²) in [5.41, 5.74) is 0.824. The van der Waals surface area contributed by atoms with Crippen LogP contribution in [-0.4, -0.2) is 18.3 Å². The van der Waals surface area contributed by atoms with Gasteiger partial charge in [-0.2, -0.15) is 0 Å². The lowest BCUT2D eigenvalue weighted by Gasteiger charge is -2.10. The largest absolute Gasteiger partial charge is 0.482 e. The fourth-order valence-electron chi connectivity index (χ4n) is 1.82. The number of amides is 1.